The van der Waals surface area contributed by atoms with E-state index in [1.807, 2.05) is 0 Å². The maximum Gasteiger partial charge on any atom is 0.0434 e. The van der Waals surface area contributed by atoms with Crippen LogP contribution >= 0.6 is 0 Å². The summed E-state index contributed by atoms with van der Waals surface area (Å²) in [7, 11) is 0. The highest BCUT2D eigenvalue weighted by Gasteiger charge is 2.44. The van der Waals surface area contributed by atoms with Crippen molar-refractivity contribution in [3.05, 3.63) is 12.7 Å². The van der Waals surface area contributed by atoms with Crippen molar-refractivity contribution < 1.29 is 0 Å². The van der Waals surface area contributed by atoms with E-state index in [-0.39, 0.29) is 0 Å². The Morgan fingerprint density at radius 2 is 1.83 bits per heavy atom. The Morgan fingerprint density at radius 3 is 2.39 bits per heavy atom. The van der Waals surface area contributed by atoms with E-state index in [0.717, 1.165) is 6.54 Å². The van der Waals surface area contributed by atoms with Crippen molar-refractivity contribution in [2.45, 2.75) is 69.9 Å². The van der Waals surface area contributed by atoms with Gasteiger partial charge in [0.2, 0.25) is 0 Å². The summed E-state index contributed by atoms with van der Waals surface area (Å²) in [5, 5.41) is 3.74. The molecule has 2 heteroatoms. The third kappa shape index (κ3) is 2.80. The third-order valence-corrected chi connectivity index (χ3v) is 4.88. The van der Waals surface area contributed by atoms with Gasteiger partial charge < -0.3 is 5.32 Å². The zero-order chi connectivity index (χ0) is 12.8. The molecule has 2 aliphatic rings. The Hall–Kier alpha value is -0.340. The van der Waals surface area contributed by atoms with E-state index >= 15 is 0 Å². The smallest absolute Gasteiger partial charge is 0.0434 e. The molecule has 0 bridgehead atoms. The van der Waals surface area contributed by atoms with Crippen LogP contribution in [-0.2, 0) is 0 Å². The molecule has 2 nitrogen and oxygen atoms in total. The van der Waals surface area contributed by atoms with Crippen molar-refractivity contribution in [2.75, 3.05) is 19.6 Å². The van der Waals surface area contributed by atoms with Crippen LogP contribution in [-0.4, -0.2) is 36.1 Å². The number of likely N-dealkylation sites (tertiary alicyclic amines) is 1. The molecular formula is C16H30N2. The van der Waals surface area contributed by atoms with Crippen molar-refractivity contribution in [1.82, 2.24) is 10.2 Å². The lowest BCUT2D eigenvalue weighted by Crippen LogP contribution is -2.60. The first kappa shape index (κ1) is 14.1. The van der Waals surface area contributed by atoms with E-state index in [1.165, 1.54) is 64.5 Å². The van der Waals surface area contributed by atoms with Gasteiger partial charge in [-0.3, -0.25) is 4.90 Å². The molecule has 0 amide bonds. The summed E-state index contributed by atoms with van der Waals surface area (Å²) in [6.45, 7) is 10.1. The monoisotopic (exact) mass is 250 g/mol. The molecule has 1 saturated carbocycles. The molecule has 1 atom stereocenters. The summed E-state index contributed by atoms with van der Waals surface area (Å²) < 4.78 is 0. The van der Waals surface area contributed by atoms with E-state index in [1.54, 1.807) is 0 Å². The van der Waals surface area contributed by atoms with Crippen molar-refractivity contribution >= 4 is 0 Å². The zero-order valence-corrected chi connectivity index (χ0v) is 12.1. The lowest BCUT2D eigenvalue weighted by molar-refractivity contribution is 0.0502. The molecule has 1 unspecified atom stereocenters. The molecule has 1 saturated heterocycles. The van der Waals surface area contributed by atoms with E-state index < -0.39 is 0 Å². The van der Waals surface area contributed by atoms with Gasteiger partial charge in [0.05, 0.1) is 0 Å². The minimum Gasteiger partial charge on any atom is -0.309 e. The molecule has 1 aliphatic carbocycles. The zero-order valence-electron chi connectivity index (χ0n) is 12.1. The lowest BCUT2D eigenvalue weighted by Gasteiger charge is -2.48. The molecule has 0 radical (unpaired) electrons. The van der Waals surface area contributed by atoms with Gasteiger partial charge in [-0.05, 0) is 51.7 Å². The molecule has 104 valence electrons. The number of piperidine rings is 1. The first-order valence-corrected chi connectivity index (χ1v) is 7.94. The van der Waals surface area contributed by atoms with Crippen LogP contribution in [0.25, 0.3) is 0 Å². The Labute approximate surface area is 113 Å². The maximum atomic E-state index is 4.11. The average Bonchev–Trinajstić information content (AvgIpc) is 2.91. The van der Waals surface area contributed by atoms with E-state index in [2.05, 4.69) is 29.8 Å². The molecule has 0 spiro atoms. The second-order valence-electron chi connectivity index (χ2n) is 6.03. The van der Waals surface area contributed by atoms with Gasteiger partial charge in [0, 0.05) is 11.6 Å². The fourth-order valence-corrected chi connectivity index (χ4v) is 3.94. The van der Waals surface area contributed by atoms with Crippen LogP contribution in [0.1, 0.15) is 58.3 Å². The first-order valence-electron chi connectivity index (χ1n) is 7.94. The van der Waals surface area contributed by atoms with E-state index in [0.29, 0.717) is 11.6 Å². The predicted molar refractivity (Wildman–Crippen MR) is 78.9 cm³/mol. The molecule has 0 aromatic rings. The molecule has 2 rings (SSSR count). The van der Waals surface area contributed by atoms with Crippen LogP contribution in [0.4, 0.5) is 0 Å². The lowest BCUT2D eigenvalue weighted by atomic mass is 9.84. The quantitative estimate of drug-likeness (QED) is 0.727. The summed E-state index contributed by atoms with van der Waals surface area (Å²) in [6.07, 6.45) is 13.1. The van der Waals surface area contributed by atoms with Gasteiger partial charge >= 0.3 is 0 Å². The maximum absolute atomic E-state index is 4.11. The molecule has 2 fully saturated rings. The van der Waals surface area contributed by atoms with Gasteiger partial charge in [-0.25, -0.2) is 0 Å². The Bertz CT molecular complexity index is 250. The van der Waals surface area contributed by atoms with Crippen molar-refractivity contribution in [3.63, 3.8) is 0 Å². The fraction of sp³-hybridized carbons (Fsp3) is 0.875. The van der Waals surface area contributed by atoms with Gasteiger partial charge in [-0.1, -0.05) is 32.3 Å². The molecular weight excluding hydrogens is 220 g/mol. The van der Waals surface area contributed by atoms with E-state index in [9.17, 15) is 0 Å². The minimum absolute atomic E-state index is 0.386. The van der Waals surface area contributed by atoms with Crippen LogP contribution < -0.4 is 5.32 Å². The van der Waals surface area contributed by atoms with Crippen LogP contribution in [0.3, 0.4) is 0 Å². The van der Waals surface area contributed by atoms with Gasteiger partial charge in [0.25, 0.3) is 0 Å². The molecule has 1 heterocycles. The summed E-state index contributed by atoms with van der Waals surface area (Å²) in [5.41, 5.74) is 0.386. The Kier molecular flexibility index (Phi) is 5.25. The number of hydrogen-bond donors (Lipinski definition) is 1. The number of rotatable bonds is 6. The van der Waals surface area contributed by atoms with Crippen molar-refractivity contribution in [3.8, 4) is 0 Å². The predicted octanol–water partition coefficient (Wildman–Crippen LogP) is 3.34. The summed E-state index contributed by atoms with van der Waals surface area (Å²) in [6, 6.07) is 0.484. The van der Waals surface area contributed by atoms with E-state index in [4.69, 9.17) is 0 Å². The van der Waals surface area contributed by atoms with Gasteiger partial charge in [0.1, 0.15) is 0 Å². The van der Waals surface area contributed by atoms with Gasteiger partial charge in [-0.2, -0.15) is 0 Å². The largest absolute Gasteiger partial charge is 0.309 e. The number of nitrogens with one attached hydrogen (secondary N) is 1. The number of nitrogens with zero attached hydrogens (tertiary/aromatic N) is 1. The summed E-state index contributed by atoms with van der Waals surface area (Å²) >= 11 is 0. The SMILES string of the molecule is C=CC(NCCC)C1(N2CCCCC2)CCCC1. The Balaban J connectivity index is 2.10. The third-order valence-electron chi connectivity index (χ3n) is 4.88. The number of hydrogen-bond acceptors (Lipinski definition) is 2. The van der Waals surface area contributed by atoms with Crippen LogP contribution in [0.15, 0.2) is 12.7 Å². The summed E-state index contributed by atoms with van der Waals surface area (Å²) in [4.78, 5) is 2.79. The minimum atomic E-state index is 0.386. The second-order valence-corrected chi connectivity index (χ2v) is 6.03. The van der Waals surface area contributed by atoms with Gasteiger partial charge in [-0.15, -0.1) is 6.58 Å². The molecule has 0 aromatic carbocycles. The average molecular weight is 250 g/mol. The standard InChI is InChI=1S/C16H30N2/c1-3-12-17-15(4-2)16(10-6-7-11-16)18-13-8-5-9-14-18/h4,15,17H,2-3,5-14H2,1H3. The highest BCUT2D eigenvalue weighted by atomic mass is 15.2. The molecule has 1 N–H and O–H groups in total. The second kappa shape index (κ2) is 6.72. The topological polar surface area (TPSA) is 15.3 Å². The highest BCUT2D eigenvalue weighted by molar-refractivity contribution is 5.10. The van der Waals surface area contributed by atoms with Crippen molar-refractivity contribution in [2.24, 2.45) is 0 Å². The Morgan fingerprint density at radius 1 is 1.17 bits per heavy atom. The molecule has 0 aromatic heterocycles. The molecule has 18 heavy (non-hydrogen) atoms. The van der Waals surface area contributed by atoms with Crippen LogP contribution in [0.5, 0.6) is 0 Å². The van der Waals surface area contributed by atoms with Crippen LogP contribution in [0.2, 0.25) is 0 Å². The van der Waals surface area contributed by atoms with Crippen molar-refractivity contribution in [1.29, 1.82) is 0 Å². The van der Waals surface area contributed by atoms with Crippen LogP contribution in [0, 0.1) is 0 Å². The first-order chi connectivity index (χ1) is 8.83. The summed E-state index contributed by atoms with van der Waals surface area (Å²) in [5.74, 6) is 0. The highest BCUT2D eigenvalue weighted by Crippen LogP contribution is 2.40. The molecule has 1 aliphatic heterocycles. The normalized spacial score (nSPS) is 26.1. The van der Waals surface area contributed by atoms with Gasteiger partial charge in [0.15, 0.2) is 0 Å². The fourth-order valence-electron chi connectivity index (χ4n) is 3.94.